The Hall–Kier alpha value is -0.810. The zero-order chi connectivity index (χ0) is 11.1. The van der Waals surface area contributed by atoms with Crippen molar-refractivity contribution in [1.82, 2.24) is 9.97 Å². The standard InChI is InChI=1S/C10H15N3OS/c1-10(2,11)8-6-5-15-4-3-7(6)12-9(14)13-8/h3-5,11H2,1-2H3,(H,12,13,14). The molecule has 1 aliphatic rings. The van der Waals surface area contributed by atoms with Gasteiger partial charge in [0.15, 0.2) is 0 Å². The Bertz CT molecular complexity index is 433. The zero-order valence-corrected chi connectivity index (χ0v) is 9.78. The van der Waals surface area contributed by atoms with Crippen molar-refractivity contribution in [3.63, 3.8) is 0 Å². The third kappa shape index (κ3) is 2.08. The van der Waals surface area contributed by atoms with Gasteiger partial charge in [-0.05, 0) is 26.0 Å². The van der Waals surface area contributed by atoms with E-state index in [4.69, 9.17) is 5.73 Å². The van der Waals surface area contributed by atoms with Crippen molar-refractivity contribution >= 4 is 11.8 Å². The first-order chi connectivity index (χ1) is 6.98. The molecule has 0 aromatic carbocycles. The molecule has 0 aliphatic carbocycles. The smallest absolute Gasteiger partial charge is 0.321 e. The number of nitrogens with one attached hydrogen (secondary N) is 1. The van der Waals surface area contributed by atoms with E-state index in [9.17, 15) is 4.79 Å². The summed E-state index contributed by atoms with van der Waals surface area (Å²) in [6.07, 6.45) is 0.904. The fraction of sp³-hybridized carbons (Fsp3) is 0.600. The van der Waals surface area contributed by atoms with Crippen molar-refractivity contribution in [3.8, 4) is 0 Å². The molecule has 1 aromatic rings. The van der Waals surface area contributed by atoms with Crippen molar-refractivity contribution < 1.29 is 0 Å². The first kappa shape index (κ1) is 10.7. The van der Waals surface area contributed by atoms with Gasteiger partial charge in [0.25, 0.3) is 0 Å². The molecule has 15 heavy (non-hydrogen) atoms. The maximum absolute atomic E-state index is 11.4. The van der Waals surface area contributed by atoms with Gasteiger partial charge in [-0.3, -0.25) is 0 Å². The van der Waals surface area contributed by atoms with Crippen LogP contribution >= 0.6 is 11.8 Å². The van der Waals surface area contributed by atoms with Crippen LogP contribution in [0.2, 0.25) is 0 Å². The van der Waals surface area contributed by atoms with E-state index in [2.05, 4.69) is 9.97 Å². The lowest BCUT2D eigenvalue weighted by atomic mass is 9.96. The summed E-state index contributed by atoms with van der Waals surface area (Å²) in [6.45, 7) is 3.77. The number of aromatic amines is 1. The van der Waals surface area contributed by atoms with Crippen LogP contribution in [0.25, 0.3) is 0 Å². The maximum Gasteiger partial charge on any atom is 0.345 e. The van der Waals surface area contributed by atoms with Crippen LogP contribution in [0.15, 0.2) is 4.79 Å². The fourth-order valence-corrected chi connectivity index (χ4v) is 2.80. The second-order valence-electron chi connectivity index (χ2n) is 4.37. The minimum atomic E-state index is -0.545. The average Bonchev–Trinajstić information content (AvgIpc) is 2.15. The summed E-state index contributed by atoms with van der Waals surface area (Å²) in [5.74, 6) is 1.95. The van der Waals surface area contributed by atoms with Crippen LogP contribution in [0.4, 0.5) is 0 Å². The molecule has 0 radical (unpaired) electrons. The number of nitrogens with zero attached hydrogens (tertiary/aromatic N) is 1. The predicted octanol–water partition coefficient (Wildman–Crippen LogP) is 0.753. The molecule has 1 aromatic heterocycles. The summed E-state index contributed by atoms with van der Waals surface area (Å²) < 4.78 is 0. The molecule has 0 saturated heterocycles. The highest BCUT2D eigenvalue weighted by atomic mass is 32.2. The molecule has 0 fully saturated rings. The summed E-state index contributed by atoms with van der Waals surface area (Å²) in [5.41, 5.74) is 8.08. The van der Waals surface area contributed by atoms with Crippen molar-refractivity contribution in [2.24, 2.45) is 5.73 Å². The van der Waals surface area contributed by atoms with Gasteiger partial charge >= 0.3 is 5.69 Å². The monoisotopic (exact) mass is 225 g/mol. The van der Waals surface area contributed by atoms with Crippen LogP contribution in [0, 0.1) is 0 Å². The Kier molecular flexibility index (Phi) is 2.60. The van der Waals surface area contributed by atoms with Crippen LogP contribution in [0.1, 0.15) is 30.8 Å². The molecular weight excluding hydrogens is 210 g/mol. The minimum absolute atomic E-state index is 0.283. The van der Waals surface area contributed by atoms with Crippen molar-refractivity contribution in [1.29, 1.82) is 0 Å². The van der Waals surface area contributed by atoms with Crippen LogP contribution in [-0.2, 0) is 17.7 Å². The lowest BCUT2D eigenvalue weighted by Crippen LogP contribution is -2.35. The first-order valence-corrected chi connectivity index (χ1v) is 6.13. The van der Waals surface area contributed by atoms with E-state index in [1.165, 1.54) is 0 Å². The van der Waals surface area contributed by atoms with E-state index in [0.717, 1.165) is 34.9 Å². The molecule has 4 nitrogen and oxygen atoms in total. The highest BCUT2D eigenvalue weighted by Gasteiger charge is 2.25. The number of hydrogen-bond acceptors (Lipinski definition) is 4. The SMILES string of the molecule is CC(C)(N)c1nc(=O)[nH]c2c1CSCC2. The van der Waals surface area contributed by atoms with Gasteiger partial charge in [0, 0.05) is 17.0 Å². The molecule has 2 heterocycles. The van der Waals surface area contributed by atoms with Gasteiger partial charge in [-0.15, -0.1) is 0 Å². The largest absolute Gasteiger partial charge is 0.345 e. The van der Waals surface area contributed by atoms with Crippen molar-refractivity contribution in [3.05, 3.63) is 27.4 Å². The third-order valence-electron chi connectivity index (χ3n) is 2.47. The Morgan fingerprint density at radius 2 is 2.27 bits per heavy atom. The van der Waals surface area contributed by atoms with Crippen molar-refractivity contribution in [2.75, 3.05) is 5.75 Å². The molecule has 0 saturated carbocycles. The number of H-pyrrole nitrogens is 1. The quantitative estimate of drug-likeness (QED) is 0.740. The number of hydrogen-bond donors (Lipinski definition) is 2. The number of fused-ring (bicyclic) bond motifs is 1. The van der Waals surface area contributed by atoms with E-state index in [-0.39, 0.29) is 5.69 Å². The molecule has 0 spiro atoms. The maximum atomic E-state index is 11.4. The average molecular weight is 225 g/mol. The third-order valence-corrected chi connectivity index (χ3v) is 3.46. The van der Waals surface area contributed by atoms with Crippen LogP contribution in [0.5, 0.6) is 0 Å². The predicted molar refractivity (Wildman–Crippen MR) is 61.9 cm³/mol. The number of aromatic nitrogens is 2. The second-order valence-corrected chi connectivity index (χ2v) is 5.48. The van der Waals surface area contributed by atoms with Gasteiger partial charge < -0.3 is 10.7 Å². The molecule has 2 rings (SSSR count). The number of nitrogens with two attached hydrogens (primary N) is 1. The normalized spacial score (nSPS) is 16.2. The van der Waals surface area contributed by atoms with Gasteiger partial charge in [-0.2, -0.15) is 16.7 Å². The molecule has 3 N–H and O–H groups in total. The highest BCUT2D eigenvalue weighted by molar-refractivity contribution is 7.98. The Labute approximate surface area is 92.7 Å². The van der Waals surface area contributed by atoms with Crippen LogP contribution < -0.4 is 11.4 Å². The molecule has 5 heteroatoms. The number of thioether (sulfide) groups is 1. The summed E-state index contributed by atoms with van der Waals surface area (Å²) in [7, 11) is 0. The van der Waals surface area contributed by atoms with E-state index in [1.807, 2.05) is 25.6 Å². The summed E-state index contributed by atoms with van der Waals surface area (Å²) in [4.78, 5) is 18.2. The topological polar surface area (TPSA) is 71.8 Å². The lowest BCUT2D eigenvalue weighted by Gasteiger charge is -2.25. The molecular formula is C10H15N3OS. The molecule has 0 bridgehead atoms. The van der Waals surface area contributed by atoms with Gasteiger partial charge in [-0.25, -0.2) is 4.79 Å². The van der Waals surface area contributed by atoms with Gasteiger partial charge in [0.1, 0.15) is 0 Å². The zero-order valence-electron chi connectivity index (χ0n) is 8.96. The molecule has 1 aliphatic heterocycles. The lowest BCUT2D eigenvalue weighted by molar-refractivity contribution is 0.523. The molecule has 0 amide bonds. The number of rotatable bonds is 1. The number of aryl methyl sites for hydroxylation is 1. The first-order valence-electron chi connectivity index (χ1n) is 4.97. The van der Waals surface area contributed by atoms with Crippen LogP contribution in [-0.4, -0.2) is 15.7 Å². The summed E-state index contributed by atoms with van der Waals surface area (Å²) >= 11 is 1.86. The van der Waals surface area contributed by atoms with Crippen LogP contribution in [0.3, 0.4) is 0 Å². The minimum Gasteiger partial charge on any atom is -0.321 e. The molecule has 0 atom stereocenters. The molecule has 82 valence electrons. The van der Waals surface area contributed by atoms with E-state index >= 15 is 0 Å². The summed E-state index contributed by atoms with van der Waals surface area (Å²) in [6, 6.07) is 0. The Balaban J connectivity index is 2.63. The summed E-state index contributed by atoms with van der Waals surface area (Å²) in [5, 5.41) is 0. The fourth-order valence-electron chi connectivity index (χ4n) is 1.79. The molecule has 0 unspecified atom stereocenters. The van der Waals surface area contributed by atoms with E-state index in [1.54, 1.807) is 0 Å². The van der Waals surface area contributed by atoms with Gasteiger partial charge in [-0.1, -0.05) is 0 Å². The van der Waals surface area contributed by atoms with E-state index in [0.29, 0.717) is 0 Å². The second kappa shape index (κ2) is 3.64. The van der Waals surface area contributed by atoms with Gasteiger partial charge in [0.2, 0.25) is 0 Å². The van der Waals surface area contributed by atoms with E-state index < -0.39 is 5.54 Å². The van der Waals surface area contributed by atoms with Gasteiger partial charge in [0.05, 0.1) is 11.2 Å². The van der Waals surface area contributed by atoms with Crippen molar-refractivity contribution in [2.45, 2.75) is 31.6 Å². The highest BCUT2D eigenvalue weighted by Crippen LogP contribution is 2.28. The Morgan fingerprint density at radius 1 is 1.53 bits per heavy atom. The Morgan fingerprint density at radius 3 is 2.93 bits per heavy atom.